The Kier molecular flexibility index (Phi) is 8.54. The highest BCUT2D eigenvalue weighted by molar-refractivity contribution is 5.94. The molecule has 0 radical (unpaired) electrons. The summed E-state index contributed by atoms with van der Waals surface area (Å²) in [6.07, 6.45) is 1.38. The number of carbonyl (C=O) groups excluding carboxylic acids is 2. The summed E-state index contributed by atoms with van der Waals surface area (Å²) in [6.45, 7) is 10.2. The Morgan fingerprint density at radius 1 is 1.09 bits per heavy atom. The van der Waals surface area contributed by atoms with Crippen molar-refractivity contribution in [3.8, 4) is 17.0 Å². The van der Waals surface area contributed by atoms with Crippen molar-refractivity contribution in [1.82, 2.24) is 19.5 Å². The molecule has 4 heterocycles. The third-order valence-electron chi connectivity index (χ3n) is 8.82. The molecule has 1 fully saturated rings. The summed E-state index contributed by atoms with van der Waals surface area (Å²) < 4.78 is 42.4. The molecule has 46 heavy (non-hydrogen) atoms. The van der Waals surface area contributed by atoms with Gasteiger partial charge in [0.2, 0.25) is 0 Å². The van der Waals surface area contributed by atoms with Crippen LogP contribution in [0.5, 0.6) is 5.75 Å². The van der Waals surface area contributed by atoms with Crippen molar-refractivity contribution in [2.75, 3.05) is 19.7 Å². The van der Waals surface area contributed by atoms with Gasteiger partial charge < -0.3 is 14.4 Å². The smallest absolute Gasteiger partial charge is 0.381 e. The van der Waals surface area contributed by atoms with E-state index in [0.29, 0.717) is 66.5 Å². The number of hydrogen-bond donors (Lipinski definition) is 0. The van der Waals surface area contributed by atoms with Crippen LogP contribution >= 0.6 is 0 Å². The van der Waals surface area contributed by atoms with Gasteiger partial charge in [0.15, 0.2) is 29.0 Å². The van der Waals surface area contributed by atoms with Crippen LogP contribution in [0.2, 0.25) is 0 Å². The number of aromatic nitrogens is 3. The van der Waals surface area contributed by atoms with Gasteiger partial charge in [-0.2, -0.15) is 5.10 Å². The van der Waals surface area contributed by atoms with Gasteiger partial charge in [0.25, 0.3) is 5.91 Å². The predicted octanol–water partition coefficient (Wildman–Crippen LogP) is 6.78. The molecule has 2 aromatic carbocycles. The van der Waals surface area contributed by atoms with E-state index in [0.717, 1.165) is 12.8 Å². The molecular weight excluding hydrogens is 594 g/mol. The first kappa shape index (κ1) is 31.6. The minimum atomic E-state index is -1.56. The van der Waals surface area contributed by atoms with Gasteiger partial charge in [-0.25, -0.2) is 18.7 Å². The molecule has 2 aromatic heterocycles. The molecule has 242 valence electrons. The summed E-state index contributed by atoms with van der Waals surface area (Å²) in [6, 6.07) is 13.2. The zero-order valence-electron chi connectivity index (χ0n) is 26.7. The molecule has 6 rings (SSSR count). The number of aryl methyl sites for hydroxylation is 1. The Bertz CT molecular complexity index is 1790. The maximum absolute atomic E-state index is 15.6. The first-order chi connectivity index (χ1) is 22.0. The van der Waals surface area contributed by atoms with Crippen molar-refractivity contribution in [3.05, 3.63) is 81.9 Å². The molecule has 0 saturated carbocycles. The Balaban J connectivity index is 1.48. The van der Waals surface area contributed by atoms with Crippen LogP contribution < -0.4 is 4.74 Å². The number of halogens is 2. The van der Waals surface area contributed by atoms with Gasteiger partial charge in [0.1, 0.15) is 0 Å². The number of amides is 1. The van der Waals surface area contributed by atoms with Crippen LogP contribution in [0.3, 0.4) is 0 Å². The van der Waals surface area contributed by atoms with Crippen LogP contribution in [0.15, 0.2) is 42.5 Å². The Hall–Kier alpha value is -4.38. The number of fused-ring (bicyclic) bond motifs is 2. The summed E-state index contributed by atoms with van der Waals surface area (Å²) in [5, 5.41) is 4.70. The highest BCUT2D eigenvalue weighted by atomic mass is 19.3. The molecule has 0 N–H and O–H groups in total. The van der Waals surface area contributed by atoms with Crippen LogP contribution in [-0.2, 0) is 20.9 Å². The molecule has 2 aliphatic heterocycles. The van der Waals surface area contributed by atoms with Crippen molar-refractivity contribution in [3.63, 3.8) is 0 Å². The first-order valence-electron chi connectivity index (χ1n) is 15.7. The van der Waals surface area contributed by atoms with Gasteiger partial charge in [-0.3, -0.25) is 9.74 Å². The molecule has 0 bridgehead atoms. The highest BCUT2D eigenvalue weighted by Crippen LogP contribution is 2.42. The third-order valence-corrected chi connectivity index (χ3v) is 8.82. The monoisotopic (exact) mass is 632 g/mol. The van der Waals surface area contributed by atoms with Crippen LogP contribution in [0.25, 0.3) is 16.9 Å². The van der Waals surface area contributed by atoms with Gasteiger partial charge in [0.05, 0.1) is 17.9 Å². The van der Waals surface area contributed by atoms with Crippen molar-refractivity contribution in [1.29, 1.82) is 0 Å². The molecule has 9 nitrogen and oxygen atoms in total. The van der Waals surface area contributed by atoms with Crippen molar-refractivity contribution < 1.29 is 32.9 Å². The van der Waals surface area contributed by atoms with Crippen molar-refractivity contribution >= 4 is 17.5 Å². The fraction of sp³-hybridized carbons (Fsp3) is 0.429. The lowest BCUT2D eigenvalue weighted by atomic mass is 9.89. The topological polar surface area (TPSA) is 95.3 Å². The second-order valence-electron chi connectivity index (χ2n) is 13.0. The van der Waals surface area contributed by atoms with E-state index < -0.39 is 23.5 Å². The number of ether oxygens (including phenoxy) is 2. The van der Waals surface area contributed by atoms with E-state index >= 15 is 4.39 Å². The number of carbonyl (C=O) groups is 2. The number of hydrogen-bond acceptors (Lipinski definition) is 7. The van der Waals surface area contributed by atoms with Gasteiger partial charge in [-0.1, -0.05) is 30.3 Å². The number of nitrogens with zero attached hydrogens (tertiary/aromatic N) is 4. The maximum atomic E-state index is 15.6. The molecule has 0 unspecified atom stereocenters. The zero-order chi connectivity index (χ0) is 32.7. The zero-order valence-corrected chi connectivity index (χ0v) is 26.7. The Labute approximate surface area is 266 Å². The Morgan fingerprint density at radius 2 is 1.80 bits per heavy atom. The fourth-order valence-electron chi connectivity index (χ4n) is 6.64. The SMILES string of the molecule is Cc1nc2cc(C(=O)N3CCC(c4ccccc4)CC3)nn2c(-c2cc(F)c3c(c2C)CCCO3)c1[C@H](OC(C)(C)C)C(=O)OF. The summed E-state index contributed by atoms with van der Waals surface area (Å²) >= 11 is 0. The highest BCUT2D eigenvalue weighted by Gasteiger charge is 2.37. The minimum Gasteiger partial charge on any atom is -0.490 e. The van der Waals surface area contributed by atoms with E-state index in [4.69, 9.17) is 14.6 Å². The number of rotatable bonds is 6. The molecule has 4 aromatic rings. The molecular formula is C35H38F2N4O5. The van der Waals surface area contributed by atoms with E-state index in [1.54, 1.807) is 38.7 Å². The van der Waals surface area contributed by atoms with Gasteiger partial charge >= 0.3 is 5.97 Å². The average Bonchev–Trinajstić information content (AvgIpc) is 3.48. The molecule has 11 heteroatoms. The van der Waals surface area contributed by atoms with E-state index in [1.165, 1.54) is 16.1 Å². The normalized spacial score (nSPS) is 16.2. The molecule has 2 aliphatic rings. The van der Waals surface area contributed by atoms with Crippen LogP contribution in [0.1, 0.15) is 90.5 Å². The second-order valence-corrected chi connectivity index (χ2v) is 13.0. The second kappa shape index (κ2) is 12.4. The lowest BCUT2D eigenvalue weighted by Crippen LogP contribution is -2.38. The summed E-state index contributed by atoms with van der Waals surface area (Å²) in [7, 11) is 0. The number of likely N-dealkylation sites (tertiary alicyclic amines) is 1. The van der Waals surface area contributed by atoms with Gasteiger partial charge in [-0.05, 0) is 83.4 Å². The van der Waals surface area contributed by atoms with Crippen LogP contribution in [0, 0.1) is 19.7 Å². The number of benzene rings is 2. The third kappa shape index (κ3) is 5.95. The maximum Gasteiger partial charge on any atom is 0.381 e. The van der Waals surface area contributed by atoms with Crippen LogP contribution in [-0.4, -0.2) is 56.7 Å². The Morgan fingerprint density at radius 3 is 2.48 bits per heavy atom. The van der Waals surface area contributed by atoms with Crippen molar-refractivity contribution in [2.45, 2.75) is 77.9 Å². The molecule has 0 aliphatic carbocycles. The van der Waals surface area contributed by atoms with Crippen molar-refractivity contribution in [2.24, 2.45) is 0 Å². The van der Waals surface area contributed by atoms with Gasteiger partial charge in [-0.15, -0.1) is 0 Å². The minimum absolute atomic E-state index is 0.157. The molecule has 1 amide bonds. The fourth-order valence-corrected chi connectivity index (χ4v) is 6.64. The number of piperidine rings is 1. The predicted molar refractivity (Wildman–Crippen MR) is 167 cm³/mol. The van der Waals surface area contributed by atoms with E-state index in [-0.39, 0.29) is 28.6 Å². The standard InChI is InChI=1S/C35H38F2N4O5/c1-20-24-12-9-17-44-31(24)26(36)18-25(20)30-29(32(34(43)46-37)45-35(3,4)5)21(2)38-28-19-27(39-41(28)30)33(42)40-15-13-23(14-16-40)22-10-7-6-8-11-22/h6-8,10-11,18-19,23,32H,9,12-17H2,1-5H3/t32-/m0/s1. The summed E-state index contributed by atoms with van der Waals surface area (Å²) in [5.74, 6) is -1.56. The molecule has 1 saturated heterocycles. The molecule has 1 atom stereocenters. The first-order valence-corrected chi connectivity index (χ1v) is 15.7. The van der Waals surface area contributed by atoms with E-state index in [9.17, 15) is 14.1 Å². The average molecular weight is 633 g/mol. The summed E-state index contributed by atoms with van der Waals surface area (Å²) in [4.78, 5) is 36.9. The largest absolute Gasteiger partial charge is 0.490 e. The van der Waals surface area contributed by atoms with Gasteiger partial charge in [0, 0.05) is 46.1 Å². The van der Waals surface area contributed by atoms with Crippen LogP contribution in [0.4, 0.5) is 8.92 Å². The lowest BCUT2D eigenvalue weighted by molar-refractivity contribution is -0.205. The molecule has 0 spiro atoms. The summed E-state index contributed by atoms with van der Waals surface area (Å²) in [5.41, 5.74) is 3.36. The van der Waals surface area contributed by atoms with E-state index in [1.807, 2.05) is 25.1 Å². The quantitative estimate of drug-likeness (QED) is 0.231. The van der Waals surface area contributed by atoms with E-state index in [2.05, 4.69) is 22.1 Å². The lowest BCUT2D eigenvalue weighted by Gasteiger charge is -2.31.